The van der Waals surface area contributed by atoms with E-state index in [4.69, 9.17) is 10.8 Å². The van der Waals surface area contributed by atoms with Crippen molar-refractivity contribution in [3.05, 3.63) is 78.8 Å². The maximum Gasteiger partial charge on any atom is 0.118 e. The molecule has 3 aromatic rings. The van der Waals surface area contributed by atoms with Crippen LogP contribution in [0.25, 0.3) is 22.5 Å². The Balaban J connectivity index is 2.06. The van der Waals surface area contributed by atoms with E-state index >= 15 is 0 Å². The smallest absolute Gasteiger partial charge is 0.118 e. The number of nitrogens with two attached hydrogens (primary N) is 1. The molecule has 0 saturated heterocycles. The van der Waals surface area contributed by atoms with Crippen LogP contribution >= 0.6 is 0 Å². The number of benzene rings is 1. The average Bonchev–Trinajstić information content (AvgIpc) is 3.02. The highest BCUT2D eigenvalue weighted by Gasteiger charge is 2.15. The molecule has 126 valence electrons. The molecule has 25 heavy (non-hydrogen) atoms. The molecule has 0 spiro atoms. The second-order valence-corrected chi connectivity index (χ2v) is 5.50. The van der Waals surface area contributed by atoms with Crippen molar-refractivity contribution in [3.8, 4) is 11.3 Å². The quantitative estimate of drug-likeness (QED) is 0.680. The SMILES string of the molecule is C=C(/N=C\C=C(/N)c1c(-c2ccccc2)nn2ccccc12)NCC. The molecule has 3 rings (SSSR count). The lowest BCUT2D eigenvalue weighted by molar-refractivity contribution is 0.847. The number of aromatic nitrogens is 2. The van der Waals surface area contributed by atoms with Crippen molar-refractivity contribution in [2.75, 3.05) is 6.54 Å². The number of hydrogen-bond donors (Lipinski definition) is 2. The first kappa shape index (κ1) is 16.5. The molecule has 0 radical (unpaired) electrons. The lowest BCUT2D eigenvalue weighted by atomic mass is 10.0. The Bertz CT molecular complexity index is 935. The molecule has 0 saturated carbocycles. The third-order valence-electron chi connectivity index (χ3n) is 3.74. The molecular formula is C20H21N5. The molecule has 5 nitrogen and oxygen atoms in total. The van der Waals surface area contributed by atoms with Crippen molar-refractivity contribution < 1.29 is 0 Å². The minimum absolute atomic E-state index is 0.605. The molecule has 0 aliphatic carbocycles. The lowest BCUT2D eigenvalue weighted by Crippen LogP contribution is -2.08. The van der Waals surface area contributed by atoms with Crippen LogP contribution in [0.1, 0.15) is 12.5 Å². The molecule has 5 heteroatoms. The van der Waals surface area contributed by atoms with Crippen LogP contribution in [0.2, 0.25) is 0 Å². The summed E-state index contributed by atoms with van der Waals surface area (Å²) < 4.78 is 1.84. The molecule has 0 aliphatic heterocycles. The second-order valence-electron chi connectivity index (χ2n) is 5.50. The largest absolute Gasteiger partial charge is 0.398 e. The molecule has 3 N–H and O–H groups in total. The van der Waals surface area contributed by atoms with Gasteiger partial charge in [0.15, 0.2) is 0 Å². The van der Waals surface area contributed by atoms with Crippen LogP contribution in [0.4, 0.5) is 0 Å². The average molecular weight is 331 g/mol. The van der Waals surface area contributed by atoms with Crippen LogP contribution < -0.4 is 11.1 Å². The van der Waals surface area contributed by atoms with Crippen LogP contribution in [0.15, 0.2) is 78.2 Å². The van der Waals surface area contributed by atoms with Gasteiger partial charge in [-0.1, -0.05) is 43.0 Å². The van der Waals surface area contributed by atoms with Crippen molar-refractivity contribution in [1.82, 2.24) is 14.9 Å². The number of nitrogens with one attached hydrogen (secondary N) is 1. The van der Waals surface area contributed by atoms with Gasteiger partial charge in [-0.25, -0.2) is 9.51 Å². The van der Waals surface area contributed by atoms with Crippen molar-refractivity contribution >= 4 is 17.4 Å². The molecule has 0 amide bonds. The molecule has 0 atom stereocenters. The zero-order valence-electron chi connectivity index (χ0n) is 14.2. The number of fused-ring (bicyclic) bond motifs is 1. The Morgan fingerprint density at radius 1 is 1.24 bits per heavy atom. The van der Waals surface area contributed by atoms with Gasteiger partial charge in [-0.2, -0.15) is 5.10 Å². The standard InChI is InChI=1S/C20H21N5/c1-3-22-15(2)23-13-12-17(21)19-18-11-7-8-14-25(18)24-20(19)16-9-5-4-6-10-16/h4-14,22H,2-3,21H2,1H3/b17-12-,23-13-. The van der Waals surface area contributed by atoms with Crippen LogP contribution in [0.3, 0.4) is 0 Å². The third-order valence-corrected chi connectivity index (χ3v) is 3.74. The summed E-state index contributed by atoms with van der Waals surface area (Å²) in [6.07, 6.45) is 5.35. The molecule has 0 fully saturated rings. The van der Waals surface area contributed by atoms with E-state index in [0.717, 1.165) is 28.9 Å². The van der Waals surface area contributed by atoms with E-state index in [1.165, 1.54) is 0 Å². The summed E-state index contributed by atoms with van der Waals surface area (Å²) in [5.41, 5.74) is 10.7. The van der Waals surface area contributed by atoms with E-state index in [9.17, 15) is 0 Å². The fourth-order valence-corrected chi connectivity index (χ4v) is 2.62. The van der Waals surface area contributed by atoms with Gasteiger partial charge in [-0.05, 0) is 25.1 Å². The minimum atomic E-state index is 0.605. The fraction of sp³-hybridized carbons (Fsp3) is 0.100. The zero-order chi connectivity index (χ0) is 17.6. The summed E-state index contributed by atoms with van der Waals surface area (Å²) in [6.45, 7) is 6.60. The third kappa shape index (κ3) is 3.61. The fourth-order valence-electron chi connectivity index (χ4n) is 2.62. The molecule has 0 unspecified atom stereocenters. The Morgan fingerprint density at radius 3 is 2.76 bits per heavy atom. The minimum Gasteiger partial charge on any atom is -0.398 e. The maximum atomic E-state index is 6.37. The van der Waals surface area contributed by atoms with Crippen molar-refractivity contribution in [2.24, 2.45) is 10.7 Å². The van der Waals surface area contributed by atoms with Crippen LogP contribution in [-0.4, -0.2) is 22.4 Å². The number of aliphatic imine (C=N–C) groups is 1. The topological polar surface area (TPSA) is 67.7 Å². The highest BCUT2D eigenvalue weighted by Crippen LogP contribution is 2.29. The Hall–Kier alpha value is -3.34. The summed E-state index contributed by atoms with van der Waals surface area (Å²) in [5.74, 6) is 0.606. The monoisotopic (exact) mass is 331 g/mol. The first-order valence-electron chi connectivity index (χ1n) is 8.16. The molecular weight excluding hydrogens is 310 g/mol. The van der Waals surface area contributed by atoms with Crippen molar-refractivity contribution in [2.45, 2.75) is 6.92 Å². The number of hydrogen-bond acceptors (Lipinski definition) is 4. The molecule has 1 aromatic carbocycles. The van der Waals surface area contributed by atoms with E-state index in [1.807, 2.05) is 66.2 Å². The van der Waals surface area contributed by atoms with Gasteiger partial charge < -0.3 is 11.1 Å². The molecule has 0 aliphatic rings. The predicted octanol–water partition coefficient (Wildman–Crippen LogP) is 3.45. The highest BCUT2D eigenvalue weighted by molar-refractivity contribution is 5.93. The van der Waals surface area contributed by atoms with Crippen LogP contribution in [0.5, 0.6) is 0 Å². The predicted molar refractivity (Wildman–Crippen MR) is 104 cm³/mol. The van der Waals surface area contributed by atoms with E-state index in [2.05, 4.69) is 16.9 Å². The molecule has 2 heterocycles. The van der Waals surface area contributed by atoms with Gasteiger partial charge in [0.25, 0.3) is 0 Å². The zero-order valence-corrected chi connectivity index (χ0v) is 14.2. The van der Waals surface area contributed by atoms with Crippen LogP contribution in [-0.2, 0) is 0 Å². The second kappa shape index (κ2) is 7.49. The van der Waals surface area contributed by atoms with Gasteiger partial charge in [0.2, 0.25) is 0 Å². The first-order chi connectivity index (χ1) is 12.2. The van der Waals surface area contributed by atoms with Gasteiger partial charge in [0.05, 0.1) is 11.1 Å². The number of allylic oxidation sites excluding steroid dienone is 1. The Morgan fingerprint density at radius 2 is 2.00 bits per heavy atom. The molecule has 0 bridgehead atoms. The summed E-state index contributed by atoms with van der Waals surface area (Å²) >= 11 is 0. The van der Waals surface area contributed by atoms with Crippen molar-refractivity contribution in [3.63, 3.8) is 0 Å². The first-order valence-corrected chi connectivity index (χ1v) is 8.16. The highest BCUT2D eigenvalue weighted by atomic mass is 15.2. The number of pyridine rings is 1. The van der Waals surface area contributed by atoms with Crippen molar-refractivity contribution in [1.29, 1.82) is 0 Å². The lowest BCUT2D eigenvalue weighted by Gasteiger charge is -2.03. The van der Waals surface area contributed by atoms with Gasteiger partial charge in [0, 0.05) is 30.2 Å². The number of rotatable bonds is 6. The maximum absolute atomic E-state index is 6.37. The normalized spacial score (nSPS) is 12.0. The summed E-state index contributed by atoms with van der Waals surface area (Å²) in [7, 11) is 0. The van der Waals surface area contributed by atoms with Gasteiger partial charge in [0.1, 0.15) is 11.5 Å². The van der Waals surface area contributed by atoms with Gasteiger partial charge in [-0.3, -0.25) is 0 Å². The van der Waals surface area contributed by atoms with Gasteiger partial charge >= 0.3 is 0 Å². The van der Waals surface area contributed by atoms with E-state index in [-0.39, 0.29) is 0 Å². The summed E-state index contributed by atoms with van der Waals surface area (Å²) in [6, 6.07) is 15.9. The molecule has 2 aromatic heterocycles. The summed E-state index contributed by atoms with van der Waals surface area (Å²) in [4.78, 5) is 4.23. The summed E-state index contributed by atoms with van der Waals surface area (Å²) in [5, 5.41) is 7.74. The Kier molecular flexibility index (Phi) is 4.95. The Labute approximate surface area is 147 Å². The van der Waals surface area contributed by atoms with Crippen LogP contribution in [0, 0.1) is 0 Å². The van der Waals surface area contributed by atoms with Gasteiger partial charge in [-0.15, -0.1) is 0 Å². The number of nitrogens with zero attached hydrogens (tertiary/aromatic N) is 3. The van der Waals surface area contributed by atoms with E-state index in [0.29, 0.717) is 11.5 Å². The van der Waals surface area contributed by atoms with E-state index in [1.54, 1.807) is 12.3 Å². The van der Waals surface area contributed by atoms with E-state index < -0.39 is 0 Å².